The standard InChI is InChI=1S/C16H36N2/c1-13(2)15(9-10-17)8-7-11-18-12-16(5,6)14(3)4/h13-15,18H,7-12,17H2,1-6H3. The first kappa shape index (κ1) is 17.9. The topological polar surface area (TPSA) is 38.0 Å². The lowest BCUT2D eigenvalue weighted by Gasteiger charge is -2.29. The van der Waals surface area contributed by atoms with Crippen molar-refractivity contribution < 1.29 is 0 Å². The summed E-state index contributed by atoms with van der Waals surface area (Å²) in [5.41, 5.74) is 6.07. The lowest BCUT2D eigenvalue weighted by molar-refractivity contribution is 0.236. The molecule has 1 unspecified atom stereocenters. The van der Waals surface area contributed by atoms with E-state index in [-0.39, 0.29) is 0 Å². The maximum absolute atomic E-state index is 5.67. The van der Waals surface area contributed by atoms with Crippen molar-refractivity contribution in [1.82, 2.24) is 5.32 Å². The van der Waals surface area contributed by atoms with E-state index < -0.39 is 0 Å². The van der Waals surface area contributed by atoms with Gasteiger partial charge in [-0.3, -0.25) is 0 Å². The Kier molecular flexibility index (Phi) is 8.89. The SMILES string of the molecule is CC(C)C(CCN)CCCNCC(C)(C)C(C)C. The Balaban J connectivity index is 3.72. The van der Waals surface area contributed by atoms with E-state index in [0.717, 1.165) is 37.4 Å². The molecular formula is C16H36N2. The molecule has 3 N–H and O–H groups in total. The van der Waals surface area contributed by atoms with Gasteiger partial charge >= 0.3 is 0 Å². The highest BCUT2D eigenvalue weighted by atomic mass is 14.9. The molecule has 0 heterocycles. The number of rotatable bonds is 10. The fourth-order valence-corrected chi connectivity index (χ4v) is 2.13. The van der Waals surface area contributed by atoms with Crippen LogP contribution < -0.4 is 11.1 Å². The van der Waals surface area contributed by atoms with Crippen LogP contribution in [-0.4, -0.2) is 19.6 Å². The van der Waals surface area contributed by atoms with Crippen LogP contribution in [0.3, 0.4) is 0 Å². The second kappa shape index (κ2) is 8.92. The first-order valence-corrected chi connectivity index (χ1v) is 7.72. The molecular weight excluding hydrogens is 220 g/mol. The molecule has 0 aliphatic carbocycles. The minimum Gasteiger partial charge on any atom is -0.330 e. The Morgan fingerprint density at radius 2 is 1.67 bits per heavy atom. The molecule has 0 aromatic carbocycles. The first-order chi connectivity index (χ1) is 8.31. The van der Waals surface area contributed by atoms with Crippen LogP contribution in [0.25, 0.3) is 0 Å². The zero-order valence-electron chi connectivity index (χ0n) is 13.6. The number of hydrogen-bond donors (Lipinski definition) is 2. The van der Waals surface area contributed by atoms with Crippen LogP contribution in [0.5, 0.6) is 0 Å². The third-order valence-corrected chi connectivity index (χ3v) is 4.55. The highest BCUT2D eigenvalue weighted by molar-refractivity contribution is 4.75. The summed E-state index contributed by atoms with van der Waals surface area (Å²) in [6.45, 7) is 17.0. The van der Waals surface area contributed by atoms with Gasteiger partial charge in [0.1, 0.15) is 0 Å². The molecule has 0 aliphatic heterocycles. The fourth-order valence-electron chi connectivity index (χ4n) is 2.13. The van der Waals surface area contributed by atoms with Crippen molar-refractivity contribution in [2.24, 2.45) is 28.9 Å². The molecule has 0 bridgehead atoms. The molecule has 0 aliphatic rings. The van der Waals surface area contributed by atoms with Crippen molar-refractivity contribution in [2.75, 3.05) is 19.6 Å². The summed E-state index contributed by atoms with van der Waals surface area (Å²) >= 11 is 0. The predicted molar refractivity (Wildman–Crippen MR) is 82.7 cm³/mol. The van der Waals surface area contributed by atoms with Gasteiger partial charge in [0.25, 0.3) is 0 Å². The second-order valence-electron chi connectivity index (χ2n) is 7.04. The molecule has 0 radical (unpaired) electrons. The molecule has 2 heteroatoms. The van der Waals surface area contributed by atoms with Gasteiger partial charge in [-0.25, -0.2) is 0 Å². The third-order valence-electron chi connectivity index (χ3n) is 4.55. The van der Waals surface area contributed by atoms with Crippen LogP contribution in [0.15, 0.2) is 0 Å². The lowest BCUT2D eigenvalue weighted by atomic mass is 9.81. The fraction of sp³-hybridized carbons (Fsp3) is 1.00. The number of nitrogens with two attached hydrogens (primary N) is 1. The van der Waals surface area contributed by atoms with E-state index in [1.54, 1.807) is 0 Å². The van der Waals surface area contributed by atoms with Crippen molar-refractivity contribution in [3.63, 3.8) is 0 Å². The van der Waals surface area contributed by atoms with Crippen LogP contribution in [0.1, 0.15) is 60.8 Å². The van der Waals surface area contributed by atoms with E-state index in [0.29, 0.717) is 5.41 Å². The minimum atomic E-state index is 0.398. The second-order valence-corrected chi connectivity index (χ2v) is 7.04. The molecule has 2 nitrogen and oxygen atoms in total. The first-order valence-electron chi connectivity index (χ1n) is 7.72. The van der Waals surface area contributed by atoms with Crippen LogP contribution in [0.4, 0.5) is 0 Å². The normalized spacial score (nSPS) is 14.5. The van der Waals surface area contributed by atoms with Crippen molar-refractivity contribution in [2.45, 2.75) is 60.8 Å². The highest BCUT2D eigenvalue weighted by Gasteiger charge is 2.21. The molecule has 18 heavy (non-hydrogen) atoms. The monoisotopic (exact) mass is 256 g/mol. The molecule has 0 fully saturated rings. The van der Waals surface area contributed by atoms with Crippen LogP contribution in [0, 0.1) is 23.2 Å². The van der Waals surface area contributed by atoms with Gasteiger partial charge in [-0.15, -0.1) is 0 Å². The van der Waals surface area contributed by atoms with Gasteiger partial charge in [-0.05, 0) is 55.5 Å². The average molecular weight is 256 g/mol. The van der Waals surface area contributed by atoms with E-state index in [1.165, 1.54) is 19.3 Å². The van der Waals surface area contributed by atoms with Crippen LogP contribution in [-0.2, 0) is 0 Å². The van der Waals surface area contributed by atoms with Crippen molar-refractivity contribution in [3.05, 3.63) is 0 Å². The van der Waals surface area contributed by atoms with Gasteiger partial charge in [0, 0.05) is 6.54 Å². The van der Waals surface area contributed by atoms with Gasteiger partial charge in [0.15, 0.2) is 0 Å². The summed E-state index contributed by atoms with van der Waals surface area (Å²) < 4.78 is 0. The summed E-state index contributed by atoms with van der Waals surface area (Å²) in [7, 11) is 0. The van der Waals surface area contributed by atoms with Crippen LogP contribution in [0.2, 0.25) is 0 Å². The quantitative estimate of drug-likeness (QED) is 0.585. The van der Waals surface area contributed by atoms with E-state index in [1.807, 2.05) is 0 Å². The maximum atomic E-state index is 5.67. The van der Waals surface area contributed by atoms with E-state index >= 15 is 0 Å². The largest absolute Gasteiger partial charge is 0.330 e. The van der Waals surface area contributed by atoms with Crippen molar-refractivity contribution in [1.29, 1.82) is 0 Å². The average Bonchev–Trinajstić information content (AvgIpc) is 2.26. The zero-order chi connectivity index (χ0) is 14.2. The summed E-state index contributed by atoms with van der Waals surface area (Å²) in [4.78, 5) is 0. The van der Waals surface area contributed by atoms with E-state index in [4.69, 9.17) is 5.73 Å². The number of nitrogens with one attached hydrogen (secondary N) is 1. The maximum Gasteiger partial charge on any atom is 0.000496 e. The zero-order valence-corrected chi connectivity index (χ0v) is 13.6. The van der Waals surface area contributed by atoms with Gasteiger partial charge < -0.3 is 11.1 Å². The van der Waals surface area contributed by atoms with Gasteiger partial charge in [-0.1, -0.05) is 41.5 Å². The lowest BCUT2D eigenvalue weighted by Crippen LogP contribution is -2.34. The van der Waals surface area contributed by atoms with E-state index in [9.17, 15) is 0 Å². The molecule has 1 atom stereocenters. The van der Waals surface area contributed by atoms with Crippen molar-refractivity contribution in [3.8, 4) is 0 Å². The Bertz CT molecular complexity index is 197. The third kappa shape index (κ3) is 7.38. The Morgan fingerprint density at radius 3 is 2.11 bits per heavy atom. The molecule has 0 aromatic heterocycles. The molecule has 0 spiro atoms. The summed E-state index contributed by atoms with van der Waals surface area (Å²) in [5.74, 6) is 2.29. The Morgan fingerprint density at radius 1 is 1.06 bits per heavy atom. The Hall–Kier alpha value is -0.0800. The Labute approximate surface area is 115 Å². The molecule has 0 rings (SSSR count). The van der Waals surface area contributed by atoms with E-state index in [2.05, 4.69) is 46.9 Å². The van der Waals surface area contributed by atoms with Gasteiger partial charge in [0.05, 0.1) is 0 Å². The number of hydrogen-bond acceptors (Lipinski definition) is 2. The van der Waals surface area contributed by atoms with Crippen LogP contribution >= 0.6 is 0 Å². The summed E-state index contributed by atoms with van der Waals surface area (Å²) in [6, 6.07) is 0. The minimum absolute atomic E-state index is 0.398. The molecule has 0 aromatic rings. The molecule has 110 valence electrons. The van der Waals surface area contributed by atoms with Gasteiger partial charge in [-0.2, -0.15) is 0 Å². The van der Waals surface area contributed by atoms with Crippen molar-refractivity contribution >= 4 is 0 Å². The predicted octanol–water partition coefficient (Wildman–Crippen LogP) is 3.66. The highest BCUT2D eigenvalue weighted by Crippen LogP contribution is 2.25. The van der Waals surface area contributed by atoms with Gasteiger partial charge in [0.2, 0.25) is 0 Å². The molecule has 0 saturated heterocycles. The molecule has 0 amide bonds. The summed E-state index contributed by atoms with van der Waals surface area (Å²) in [6.07, 6.45) is 3.76. The molecule has 0 saturated carbocycles. The smallest absolute Gasteiger partial charge is 0.000496 e. The summed E-state index contributed by atoms with van der Waals surface area (Å²) in [5, 5.41) is 3.61.